The average Bonchev–Trinajstić information content (AvgIpc) is 3.01. The van der Waals surface area contributed by atoms with Gasteiger partial charge in [0.15, 0.2) is 0 Å². The number of anilines is 1. The van der Waals surface area contributed by atoms with Crippen molar-refractivity contribution in [2.75, 3.05) is 5.01 Å². The number of allylic oxidation sites excluding steroid dienone is 1. The Morgan fingerprint density at radius 1 is 1.03 bits per heavy atom. The van der Waals surface area contributed by atoms with Gasteiger partial charge in [-0.25, -0.2) is 0 Å². The number of benzene rings is 2. The van der Waals surface area contributed by atoms with Gasteiger partial charge in [-0.2, -0.15) is 23.3 Å². The zero-order valence-corrected chi connectivity index (χ0v) is 17.7. The van der Waals surface area contributed by atoms with Crippen LogP contribution in [0.4, 0.5) is 18.9 Å². The molecule has 6 nitrogen and oxygen atoms in total. The molecule has 2 aromatic carbocycles. The van der Waals surface area contributed by atoms with E-state index >= 15 is 0 Å². The van der Waals surface area contributed by atoms with Gasteiger partial charge in [0.05, 0.1) is 32.6 Å². The van der Waals surface area contributed by atoms with E-state index in [1.807, 2.05) is 0 Å². The minimum absolute atomic E-state index is 0.0128. The number of alkyl halides is 3. The molecule has 3 rings (SSSR count). The van der Waals surface area contributed by atoms with Crippen LogP contribution in [-0.4, -0.2) is 17.5 Å². The molecule has 0 saturated heterocycles. The molecule has 0 fully saturated rings. The molecule has 0 aliphatic carbocycles. The Morgan fingerprint density at radius 3 is 2.26 bits per heavy atom. The zero-order valence-electron chi connectivity index (χ0n) is 16.1. The first-order valence-corrected chi connectivity index (χ1v) is 9.54. The lowest BCUT2D eigenvalue weighted by Gasteiger charge is -2.14. The number of nitrogens with zero attached hydrogens (tertiary/aromatic N) is 2. The number of carbonyl (C=O) groups excluding carboxylic acids is 2. The third-order valence-corrected chi connectivity index (χ3v) is 5.12. The van der Waals surface area contributed by atoms with Crippen molar-refractivity contribution >= 4 is 46.4 Å². The average molecular weight is 471 g/mol. The Hall–Kier alpha value is -3.04. The van der Waals surface area contributed by atoms with E-state index in [4.69, 9.17) is 23.2 Å². The second-order valence-electron chi connectivity index (χ2n) is 6.56. The third-order valence-electron chi connectivity index (χ3n) is 4.38. The van der Waals surface area contributed by atoms with Crippen molar-refractivity contribution in [2.24, 2.45) is 5.10 Å². The number of carbonyl (C=O) groups is 2. The molecule has 2 amide bonds. The SMILES string of the molecule is CC1=NN(c2ccc(Cl)c(Cl)c2)C(=O)/C1=C(/C)NNC(=O)c1ccc(C(F)(F)F)cc1. The van der Waals surface area contributed by atoms with Crippen molar-refractivity contribution in [3.05, 3.63) is 74.9 Å². The van der Waals surface area contributed by atoms with Crippen LogP contribution in [0.2, 0.25) is 10.0 Å². The van der Waals surface area contributed by atoms with Gasteiger partial charge in [-0.05, 0) is 56.3 Å². The second-order valence-corrected chi connectivity index (χ2v) is 7.37. The number of hydrogen-bond acceptors (Lipinski definition) is 4. The minimum Gasteiger partial charge on any atom is -0.302 e. The highest BCUT2D eigenvalue weighted by Gasteiger charge is 2.32. The Morgan fingerprint density at radius 2 is 1.68 bits per heavy atom. The van der Waals surface area contributed by atoms with E-state index in [-0.39, 0.29) is 16.2 Å². The Bertz CT molecular complexity index is 1110. The lowest BCUT2D eigenvalue weighted by molar-refractivity contribution is -0.137. The molecule has 0 radical (unpaired) electrons. The second kappa shape index (κ2) is 8.60. The summed E-state index contributed by atoms with van der Waals surface area (Å²) in [5, 5.41) is 5.95. The molecule has 2 N–H and O–H groups in total. The maximum absolute atomic E-state index is 12.8. The predicted molar refractivity (Wildman–Crippen MR) is 112 cm³/mol. The highest BCUT2D eigenvalue weighted by Crippen LogP contribution is 2.31. The van der Waals surface area contributed by atoms with Crippen LogP contribution in [0.1, 0.15) is 29.8 Å². The van der Waals surface area contributed by atoms with Crippen LogP contribution in [0.15, 0.2) is 58.8 Å². The highest BCUT2D eigenvalue weighted by atomic mass is 35.5. The monoisotopic (exact) mass is 470 g/mol. The normalized spacial score (nSPS) is 15.6. The van der Waals surface area contributed by atoms with Crippen molar-refractivity contribution in [3.8, 4) is 0 Å². The molecular formula is C20H15Cl2F3N4O2. The number of hydrazine groups is 1. The summed E-state index contributed by atoms with van der Waals surface area (Å²) in [6, 6.07) is 8.36. The van der Waals surface area contributed by atoms with Crippen LogP contribution in [0.25, 0.3) is 0 Å². The first kappa shape index (κ1) is 22.6. The largest absolute Gasteiger partial charge is 0.416 e. The number of hydrazone groups is 1. The van der Waals surface area contributed by atoms with Gasteiger partial charge in [-0.15, -0.1) is 0 Å². The molecule has 1 heterocycles. The van der Waals surface area contributed by atoms with E-state index in [0.717, 1.165) is 29.3 Å². The van der Waals surface area contributed by atoms with E-state index in [1.54, 1.807) is 19.9 Å². The number of halogens is 5. The lowest BCUT2D eigenvalue weighted by Crippen LogP contribution is -2.37. The Balaban J connectivity index is 1.73. The van der Waals surface area contributed by atoms with Crippen molar-refractivity contribution in [3.63, 3.8) is 0 Å². The molecule has 11 heteroatoms. The Labute approximate surface area is 185 Å². The van der Waals surface area contributed by atoms with Gasteiger partial charge in [0, 0.05) is 11.3 Å². The van der Waals surface area contributed by atoms with Crippen LogP contribution in [0, 0.1) is 0 Å². The summed E-state index contributed by atoms with van der Waals surface area (Å²) in [6.07, 6.45) is -4.49. The van der Waals surface area contributed by atoms with Crippen molar-refractivity contribution in [1.82, 2.24) is 10.9 Å². The predicted octanol–water partition coefficient (Wildman–Crippen LogP) is 4.94. The highest BCUT2D eigenvalue weighted by molar-refractivity contribution is 6.42. The minimum atomic E-state index is -4.49. The van der Waals surface area contributed by atoms with Gasteiger partial charge in [-0.3, -0.25) is 15.0 Å². The molecule has 0 unspecified atom stereocenters. The van der Waals surface area contributed by atoms with Crippen LogP contribution in [-0.2, 0) is 11.0 Å². The van der Waals surface area contributed by atoms with Crippen molar-refractivity contribution in [1.29, 1.82) is 0 Å². The van der Waals surface area contributed by atoms with Crippen LogP contribution < -0.4 is 15.9 Å². The quantitative estimate of drug-likeness (QED) is 0.490. The molecule has 0 saturated carbocycles. The van der Waals surface area contributed by atoms with E-state index in [0.29, 0.717) is 22.1 Å². The van der Waals surface area contributed by atoms with E-state index in [1.165, 1.54) is 12.1 Å². The number of hydrogen-bond donors (Lipinski definition) is 2. The molecule has 0 spiro atoms. The topological polar surface area (TPSA) is 73.8 Å². The first-order chi connectivity index (χ1) is 14.5. The molecule has 1 aliphatic heterocycles. The van der Waals surface area contributed by atoms with Gasteiger partial charge < -0.3 is 5.43 Å². The summed E-state index contributed by atoms with van der Waals surface area (Å²) in [6.45, 7) is 3.17. The summed E-state index contributed by atoms with van der Waals surface area (Å²) in [4.78, 5) is 25.0. The van der Waals surface area contributed by atoms with Gasteiger partial charge >= 0.3 is 6.18 Å². The van der Waals surface area contributed by atoms with E-state index < -0.39 is 23.6 Å². The molecular weight excluding hydrogens is 456 g/mol. The molecule has 2 aromatic rings. The Kier molecular flexibility index (Phi) is 6.28. The van der Waals surface area contributed by atoms with Crippen molar-refractivity contribution < 1.29 is 22.8 Å². The smallest absolute Gasteiger partial charge is 0.302 e. The van der Waals surface area contributed by atoms with Crippen LogP contribution >= 0.6 is 23.2 Å². The standard InChI is InChI=1S/C20H15Cl2F3N4O2/c1-10(26-27-18(30)12-3-5-13(6-4-12)20(23,24)25)17-11(2)28-29(19(17)31)14-7-8-15(21)16(22)9-14/h3-9,26H,1-2H3,(H,27,30)/b17-10-. The summed E-state index contributed by atoms with van der Waals surface area (Å²) < 4.78 is 37.9. The van der Waals surface area contributed by atoms with Crippen LogP contribution in [0.5, 0.6) is 0 Å². The first-order valence-electron chi connectivity index (χ1n) is 8.78. The maximum atomic E-state index is 12.8. The fourth-order valence-corrected chi connectivity index (χ4v) is 3.12. The van der Waals surface area contributed by atoms with Gasteiger partial charge in [0.25, 0.3) is 11.8 Å². The van der Waals surface area contributed by atoms with Gasteiger partial charge in [0.2, 0.25) is 0 Å². The van der Waals surface area contributed by atoms with E-state index in [9.17, 15) is 22.8 Å². The summed E-state index contributed by atoms with van der Waals surface area (Å²) in [5.41, 5.74) is 5.44. The molecule has 0 bridgehead atoms. The number of amides is 2. The summed E-state index contributed by atoms with van der Waals surface area (Å²) in [7, 11) is 0. The van der Waals surface area contributed by atoms with Crippen LogP contribution in [0.3, 0.4) is 0 Å². The third kappa shape index (κ3) is 4.83. The maximum Gasteiger partial charge on any atom is 0.416 e. The van der Waals surface area contributed by atoms with E-state index in [2.05, 4.69) is 16.0 Å². The fourth-order valence-electron chi connectivity index (χ4n) is 2.83. The molecule has 31 heavy (non-hydrogen) atoms. The molecule has 162 valence electrons. The molecule has 0 aromatic heterocycles. The molecule has 0 atom stereocenters. The molecule has 1 aliphatic rings. The fraction of sp³-hybridized carbons (Fsp3) is 0.150. The van der Waals surface area contributed by atoms with Gasteiger partial charge in [-0.1, -0.05) is 23.2 Å². The zero-order chi connectivity index (χ0) is 22.9. The summed E-state index contributed by atoms with van der Waals surface area (Å²) >= 11 is 11.9. The number of rotatable bonds is 4. The summed E-state index contributed by atoms with van der Waals surface area (Å²) in [5.74, 6) is -1.13. The lowest BCUT2D eigenvalue weighted by atomic mass is 10.1. The number of nitrogens with one attached hydrogen (secondary N) is 2. The van der Waals surface area contributed by atoms with Gasteiger partial charge in [0.1, 0.15) is 0 Å². The van der Waals surface area contributed by atoms with Crippen molar-refractivity contribution in [2.45, 2.75) is 20.0 Å².